The number of carbonyl (C=O) groups is 1. The van der Waals surface area contributed by atoms with Gasteiger partial charge in [-0.05, 0) is 6.42 Å². The molecule has 0 bridgehead atoms. The van der Waals surface area contributed by atoms with Gasteiger partial charge in [-0.15, -0.1) is 0 Å². The van der Waals surface area contributed by atoms with Gasteiger partial charge >= 0.3 is 18.3 Å². The highest BCUT2D eigenvalue weighted by Crippen LogP contribution is 2.43. The molecular formula is C9H11F6IO3. The number of halogens is 7. The van der Waals surface area contributed by atoms with Crippen LogP contribution in [0.4, 0.5) is 26.3 Å². The van der Waals surface area contributed by atoms with Crippen LogP contribution in [0, 0.1) is 0 Å². The fraction of sp³-hybridized carbons (Fsp3) is 0.889. The lowest BCUT2D eigenvalue weighted by Gasteiger charge is -2.31. The zero-order chi connectivity index (χ0) is 15.5. The molecule has 0 spiro atoms. The molecule has 10 heteroatoms. The SMILES string of the molecule is CCCC(I)C(=O)OCC(O)(C(F)(F)F)C(F)(F)F. The van der Waals surface area contributed by atoms with E-state index in [4.69, 9.17) is 5.11 Å². The number of hydrogen-bond acceptors (Lipinski definition) is 3. The highest BCUT2D eigenvalue weighted by atomic mass is 127. The second kappa shape index (κ2) is 6.46. The van der Waals surface area contributed by atoms with E-state index < -0.39 is 34.5 Å². The molecule has 0 aliphatic heterocycles. The Hall–Kier alpha value is -0.260. The zero-order valence-corrected chi connectivity index (χ0v) is 11.8. The predicted molar refractivity (Wildman–Crippen MR) is 60.7 cm³/mol. The molecule has 0 radical (unpaired) electrons. The van der Waals surface area contributed by atoms with Crippen LogP contribution in [0.5, 0.6) is 0 Å². The standard InChI is InChI=1S/C9H11F6IO3/c1-2-3-5(16)6(17)19-4-7(18,8(10,11)12)9(13,14)15/h5,18H,2-4H2,1H3. The molecule has 0 aliphatic carbocycles. The quantitative estimate of drug-likeness (QED) is 0.330. The average Bonchev–Trinajstić information content (AvgIpc) is 2.22. The second-order valence-electron chi connectivity index (χ2n) is 3.72. The van der Waals surface area contributed by atoms with Gasteiger partial charge in [-0.3, -0.25) is 4.79 Å². The number of ether oxygens (including phenoxy) is 1. The maximum Gasteiger partial charge on any atom is 0.429 e. The Labute approximate surface area is 118 Å². The lowest BCUT2D eigenvalue weighted by atomic mass is 10.0. The van der Waals surface area contributed by atoms with Crippen molar-refractivity contribution >= 4 is 28.6 Å². The number of rotatable bonds is 5. The van der Waals surface area contributed by atoms with E-state index in [9.17, 15) is 31.1 Å². The van der Waals surface area contributed by atoms with Crippen LogP contribution in [0.15, 0.2) is 0 Å². The van der Waals surface area contributed by atoms with Crippen LogP contribution in [0.2, 0.25) is 0 Å². The Balaban J connectivity index is 4.86. The third-order valence-electron chi connectivity index (χ3n) is 2.16. The summed E-state index contributed by atoms with van der Waals surface area (Å²) in [6.07, 6.45) is -11.2. The van der Waals surface area contributed by atoms with E-state index in [0.717, 1.165) is 0 Å². The number of aliphatic hydroxyl groups is 1. The van der Waals surface area contributed by atoms with Crippen molar-refractivity contribution in [3.05, 3.63) is 0 Å². The fourth-order valence-corrected chi connectivity index (χ4v) is 1.76. The Bertz CT molecular complexity index is 300. The van der Waals surface area contributed by atoms with Crippen LogP contribution in [-0.4, -0.2) is 39.6 Å². The summed E-state index contributed by atoms with van der Waals surface area (Å²) in [4.78, 5) is 11.2. The maximum atomic E-state index is 12.2. The van der Waals surface area contributed by atoms with Crippen LogP contribution < -0.4 is 0 Å². The molecule has 0 rings (SSSR count). The van der Waals surface area contributed by atoms with E-state index in [0.29, 0.717) is 6.42 Å². The minimum atomic E-state index is -5.99. The molecule has 0 heterocycles. The van der Waals surface area contributed by atoms with Gasteiger partial charge in [0.15, 0.2) is 0 Å². The number of carbonyl (C=O) groups excluding carboxylic acids is 1. The molecule has 0 aromatic carbocycles. The zero-order valence-electron chi connectivity index (χ0n) is 9.61. The summed E-state index contributed by atoms with van der Waals surface area (Å²) in [5.41, 5.74) is -5.06. The van der Waals surface area contributed by atoms with Crippen molar-refractivity contribution in [3.8, 4) is 0 Å². The van der Waals surface area contributed by atoms with Crippen molar-refractivity contribution in [1.29, 1.82) is 0 Å². The first-order valence-electron chi connectivity index (χ1n) is 5.03. The van der Waals surface area contributed by atoms with Gasteiger partial charge in [-0.2, -0.15) is 26.3 Å². The third-order valence-corrected chi connectivity index (χ3v) is 3.29. The van der Waals surface area contributed by atoms with Crippen molar-refractivity contribution in [2.24, 2.45) is 0 Å². The van der Waals surface area contributed by atoms with E-state index >= 15 is 0 Å². The van der Waals surface area contributed by atoms with Gasteiger partial charge < -0.3 is 9.84 Å². The average molecular weight is 408 g/mol. The van der Waals surface area contributed by atoms with Crippen LogP contribution in [0.1, 0.15) is 19.8 Å². The van der Waals surface area contributed by atoms with E-state index in [1.807, 2.05) is 0 Å². The van der Waals surface area contributed by atoms with Crippen LogP contribution >= 0.6 is 22.6 Å². The fourth-order valence-electron chi connectivity index (χ4n) is 0.962. The van der Waals surface area contributed by atoms with Crippen molar-refractivity contribution in [2.45, 2.75) is 41.6 Å². The molecule has 1 N–H and O–H groups in total. The van der Waals surface area contributed by atoms with Crippen LogP contribution in [-0.2, 0) is 9.53 Å². The Morgan fingerprint density at radius 1 is 1.21 bits per heavy atom. The normalized spacial score (nSPS) is 15.2. The van der Waals surface area contributed by atoms with Gasteiger partial charge in [0.25, 0.3) is 5.60 Å². The van der Waals surface area contributed by atoms with Crippen molar-refractivity contribution in [2.75, 3.05) is 6.61 Å². The molecule has 0 aromatic rings. The molecule has 0 aromatic heterocycles. The molecule has 0 fully saturated rings. The van der Waals surface area contributed by atoms with Gasteiger partial charge in [0, 0.05) is 0 Å². The Morgan fingerprint density at radius 3 is 1.95 bits per heavy atom. The molecule has 0 saturated heterocycles. The van der Waals surface area contributed by atoms with Gasteiger partial charge in [0.2, 0.25) is 0 Å². The third kappa shape index (κ3) is 4.65. The van der Waals surface area contributed by atoms with E-state index in [1.54, 1.807) is 29.5 Å². The van der Waals surface area contributed by atoms with Gasteiger partial charge in [-0.1, -0.05) is 35.9 Å². The highest BCUT2D eigenvalue weighted by molar-refractivity contribution is 14.1. The minimum absolute atomic E-state index is 0.246. The molecule has 1 unspecified atom stereocenters. The molecule has 0 aliphatic rings. The summed E-state index contributed by atoms with van der Waals surface area (Å²) < 4.78 is 76.5. The van der Waals surface area contributed by atoms with Gasteiger partial charge in [-0.25, -0.2) is 0 Å². The maximum absolute atomic E-state index is 12.2. The summed E-state index contributed by atoms with van der Waals surface area (Å²) in [6, 6.07) is 0. The summed E-state index contributed by atoms with van der Waals surface area (Å²) in [5.74, 6) is -1.23. The van der Waals surface area contributed by atoms with E-state index in [1.165, 1.54) is 0 Å². The van der Waals surface area contributed by atoms with E-state index in [2.05, 4.69) is 4.74 Å². The first-order chi connectivity index (χ1) is 8.37. The van der Waals surface area contributed by atoms with Gasteiger partial charge in [0.05, 0.1) is 0 Å². The molecule has 3 nitrogen and oxygen atoms in total. The molecular weight excluding hydrogens is 397 g/mol. The Morgan fingerprint density at radius 2 is 1.63 bits per heavy atom. The lowest BCUT2D eigenvalue weighted by Crippen LogP contribution is -2.60. The summed E-state index contributed by atoms with van der Waals surface area (Å²) in [7, 11) is 0. The largest absolute Gasteiger partial charge is 0.461 e. The lowest BCUT2D eigenvalue weighted by molar-refractivity contribution is -0.375. The van der Waals surface area contributed by atoms with Crippen LogP contribution in [0.25, 0.3) is 0 Å². The van der Waals surface area contributed by atoms with Crippen molar-refractivity contribution < 1.29 is 41.0 Å². The van der Waals surface area contributed by atoms with Gasteiger partial charge in [0.1, 0.15) is 10.5 Å². The molecule has 0 amide bonds. The minimum Gasteiger partial charge on any atom is -0.461 e. The van der Waals surface area contributed by atoms with Crippen LogP contribution in [0.3, 0.4) is 0 Å². The monoisotopic (exact) mass is 408 g/mol. The van der Waals surface area contributed by atoms with E-state index in [-0.39, 0.29) is 6.42 Å². The molecule has 0 saturated carbocycles. The highest BCUT2D eigenvalue weighted by Gasteiger charge is 2.71. The number of esters is 1. The van der Waals surface area contributed by atoms with Crippen molar-refractivity contribution in [3.63, 3.8) is 0 Å². The summed E-state index contributed by atoms with van der Waals surface area (Å²) >= 11 is 1.54. The number of hydrogen-bond donors (Lipinski definition) is 1. The summed E-state index contributed by atoms with van der Waals surface area (Å²) in [6.45, 7) is -0.525. The predicted octanol–water partition coefficient (Wildman–Crippen LogP) is 2.99. The smallest absolute Gasteiger partial charge is 0.429 e. The Kier molecular flexibility index (Phi) is 6.37. The topological polar surface area (TPSA) is 46.5 Å². The molecule has 114 valence electrons. The summed E-state index contributed by atoms with van der Waals surface area (Å²) in [5, 5.41) is 8.72. The number of alkyl halides is 7. The second-order valence-corrected chi connectivity index (χ2v) is 5.22. The first kappa shape index (κ1) is 18.7. The first-order valence-corrected chi connectivity index (χ1v) is 6.28. The molecule has 19 heavy (non-hydrogen) atoms. The van der Waals surface area contributed by atoms with Crippen molar-refractivity contribution in [1.82, 2.24) is 0 Å². The molecule has 1 atom stereocenters.